The van der Waals surface area contributed by atoms with E-state index in [1.54, 1.807) is 0 Å². The zero-order valence-electron chi connectivity index (χ0n) is 25.0. The van der Waals surface area contributed by atoms with Crippen LogP contribution < -0.4 is 0 Å². The molecular formula is C41H30N4. The molecule has 0 aliphatic heterocycles. The van der Waals surface area contributed by atoms with Crippen LogP contribution in [0.1, 0.15) is 24.4 Å². The average Bonchev–Trinajstić information content (AvgIpc) is 3.12. The highest BCUT2D eigenvalue weighted by molar-refractivity contribution is 6.10. The van der Waals surface area contributed by atoms with Crippen LogP contribution in [0, 0.1) is 6.92 Å². The van der Waals surface area contributed by atoms with Crippen LogP contribution >= 0.6 is 0 Å². The van der Waals surface area contributed by atoms with E-state index in [1.165, 1.54) is 0 Å². The Kier molecular flexibility index (Phi) is 6.80. The van der Waals surface area contributed by atoms with Crippen molar-refractivity contribution in [3.05, 3.63) is 151 Å². The molecule has 0 bridgehead atoms. The molecule has 0 unspecified atom stereocenters. The number of allylic oxidation sites excluding steroid dienone is 4. The van der Waals surface area contributed by atoms with E-state index in [4.69, 9.17) is 19.9 Å². The van der Waals surface area contributed by atoms with Crippen molar-refractivity contribution in [2.75, 3.05) is 0 Å². The minimum Gasteiger partial charge on any atom is -0.251 e. The number of nitrogens with zero attached hydrogens (tertiary/aromatic N) is 4. The molecule has 1 aliphatic carbocycles. The summed E-state index contributed by atoms with van der Waals surface area (Å²) in [4.78, 5) is 20.5. The summed E-state index contributed by atoms with van der Waals surface area (Å²) in [6.45, 7) is 2.03. The molecular weight excluding hydrogens is 548 g/mol. The number of aryl methyl sites for hydroxylation is 1. The van der Waals surface area contributed by atoms with Gasteiger partial charge in [-0.3, -0.25) is 4.98 Å². The second kappa shape index (κ2) is 11.4. The molecule has 3 aromatic heterocycles. The van der Waals surface area contributed by atoms with Crippen molar-refractivity contribution >= 4 is 27.4 Å². The number of hydrogen-bond acceptors (Lipinski definition) is 4. The fourth-order valence-corrected chi connectivity index (χ4v) is 6.14. The summed E-state index contributed by atoms with van der Waals surface area (Å²) in [5.74, 6) is 0.743. The number of fused-ring (bicyclic) bond motifs is 3. The molecule has 0 radical (unpaired) electrons. The van der Waals surface area contributed by atoms with Crippen molar-refractivity contribution in [2.45, 2.75) is 19.8 Å². The molecule has 0 spiro atoms. The monoisotopic (exact) mass is 578 g/mol. The fraction of sp³-hybridized carbons (Fsp3) is 0.0732. The Labute approximate surface area is 262 Å². The van der Waals surface area contributed by atoms with Gasteiger partial charge in [-0.15, -0.1) is 0 Å². The van der Waals surface area contributed by atoms with Crippen molar-refractivity contribution in [2.24, 2.45) is 0 Å². The summed E-state index contributed by atoms with van der Waals surface area (Å²) in [6.07, 6.45) is 8.62. The average molecular weight is 579 g/mol. The molecule has 45 heavy (non-hydrogen) atoms. The van der Waals surface area contributed by atoms with Crippen molar-refractivity contribution in [3.8, 4) is 44.9 Å². The fourth-order valence-electron chi connectivity index (χ4n) is 6.14. The lowest BCUT2D eigenvalue weighted by molar-refractivity contribution is 1.03. The Hall–Kier alpha value is -5.74. The molecule has 7 aromatic rings. The lowest BCUT2D eigenvalue weighted by Crippen LogP contribution is -2.00. The second-order valence-electron chi connectivity index (χ2n) is 11.4. The van der Waals surface area contributed by atoms with Gasteiger partial charge in [0.2, 0.25) is 0 Å². The molecule has 0 atom stereocenters. The summed E-state index contributed by atoms with van der Waals surface area (Å²) in [5.41, 5.74) is 11.9. The van der Waals surface area contributed by atoms with Crippen molar-refractivity contribution in [1.29, 1.82) is 0 Å². The van der Waals surface area contributed by atoms with Gasteiger partial charge in [0, 0.05) is 38.7 Å². The highest BCUT2D eigenvalue weighted by Gasteiger charge is 2.18. The number of hydrogen-bond donors (Lipinski definition) is 0. The third-order valence-corrected chi connectivity index (χ3v) is 8.39. The molecule has 8 rings (SSSR count). The lowest BCUT2D eigenvalue weighted by Gasteiger charge is -2.16. The first-order valence-electron chi connectivity index (χ1n) is 15.4. The first-order chi connectivity index (χ1) is 22.2. The molecule has 0 N–H and O–H groups in total. The summed E-state index contributed by atoms with van der Waals surface area (Å²) in [7, 11) is 0. The van der Waals surface area contributed by atoms with Crippen LogP contribution in [0.5, 0.6) is 0 Å². The van der Waals surface area contributed by atoms with Crippen LogP contribution in [-0.4, -0.2) is 19.9 Å². The van der Waals surface area contributed by atoms with Gasteiger partial charge in [-0.1, -0.05) is 121 Å². The first-order valence-corrected chi connectivity index (χ1v) is 15.4. The topological polar surface area (TPSA) is 51.6 Å². The number of benzene rings is 4. The molecule has 0 amide bonds. The predicted molar refractivity (Wildman–Crippen MR) is 185 cm³/mol. The third-order valence-electron chi connectivity index (χ3n) is 8.39. The van der Waals surface area contributed by atoms with Gasteiger partial charge in [-0.2, -0.15) is 0 Å². The first kappa shape index (κ1) is 26.9. The zero-order valence-corrected chi connectivity index (χ0v) is 25.0. The minimum absolute atomic E-state index is 0.743. The normalized spacial score (nSPS) is 12.9. The Morgan fingerprint density at radius 2 is 1.18 bits per heavy atom. The summed E-state index contributed by atoms with van der Waals surface area (Å²) in [6, 6.07) is 42.1. The molecule has 4 aromatic carbocycles. The van der Waals surface area contributed by atoms with Crippen molar-refractivity contribution in [3.63, 3.8) is 0 Å². The van der Waals surface area contributed by atoms with Crippen LogP contribution in [0.2, 0.25) is 0 Å². The van der Waals surface area contributed by atoms with E-state index in [1.807, 2.05) is 19.1 Å². The van der Waals surface area contributed by atoms with Gasteiger partial charge in [0.25, 0.3) is 0 Å². The highest BCUT2D eigenvalue weighted by Crippen LogP contribution is 2.40. The Balaban J connectivity index is 1.41. The van der Waals surface area contributed by atoms with Crippen molar-refractivity contribution < 1.29 is 0 Å². The third kappa shape index (κ3) is 5.11. The van der Waals surface area contributed by atoms with Crippen LogP contribution in [0.3, 0.4) is 0 Å². The molecule has 0 saturated heterocycles. The quantitative estimate of drug-likeness (QED) is 0.191. The molecule has 214 valence electrons. The predicted octanol–water partition coefficient (Wildman–Crippen LogP) is 10.3. The minimum atomic E-state index is 0.743. The second-order valence-corrected chi connectivity index (χ2v) is 11.4. The molecule has 0 saturated carbocycles. The number of rotatable bonds is 5. The van der Waals surface area contributed by atoms with E-state index < -0.39 is 0 Å². The standard InChI is InChI=1S/C41H30N4/c1-27-21-22-30-23-24-34-35(25-36(28-13-5-2-6-14-28)43-40(34)39(30)42-27)32-19-11-12-20-33(32)38-26-37(29-15-7-3-8-16-29)44-41(45-38)31-17-9-4-10-18-31/h2-3,5-9,11-26H,4,10H2,1H3. The van der Waals surface area contributed by atoms with Gasteiger partial charge in [0.1, 0.15) is 0 Å². The Bertz CT molecular complexity index is 2270. The molecule has 1 aliphatic rings. The van der Waals surface area contributed by atoms with E-state index in [9.17, 15) is 0 Å². The maximum Gasteiger partial charge on any atom is 0.160 e. The number of pyridine rings is 2. The highest BCUT2D eigenvalue weighted by atomic mass is 14.9. The van der Waals surface area contributed by atoms with Gasteiger partial charge in [-0.05, 0) is 49.1 Å². The van der Waals surface area contributed by atoms with Gasteiger partial charge >= 0.3 is 0 Å². The maximum absolute atomic E-state index is 5.23. The van der Waals surface area contributed by atoms with E-state index in [0.29, 0.717) is 0 Å². The lowest BCUT2D eigenvalue weighted by atomic mass is 9.92. The Morgan fingerprint density at radius 1 is 0.511 bits per heavy atom. The molecule has 0 fully saturated rings. The molecule has 3 heterocycles. The Morgan fingerprint density at radius 3 is 1.91 bits per heavy atom. The smallest absolute Gasteiger partial charge is 0.160 e. The largest absolute Gasteiger partial charge is 0.251 e. The van der Waals surface area contributed by atoms with Crippen LogP contribution in [0.25, 0.3) is 72.3 Å². The van der Waals surface area contributed by atoms with Gasteiger partial charge < -0.3 is 0 Å². The van der Waals surface area contributed by atoms with Gasteiger partial charge in [0.15, 0.2) is 5.82 Å². The van der Waals surface area contributed by atoms with Crippen LogP contribution in [-0.2, 0) is 0 Å². The van der Waals surface area contributed by atoms with E-state index >= 15 is 0 Å². The molecule has 4 heteroatoms. The zero-order chi connectivity index (χ0) is 30.2. The summed E-state index contributed by atoms with van der Waals surface area (Å²) >= 11 is 0. The van der Waals surface area contributed by atoms with E-state index in [2.05, 4.69) is 127 Å². The summed E-state index contributed by atoms with van der Waals surface area (Å²) < 4.78 is 0. The van der Waals surface area contributed by atoms with Gasteiger partial charge in [0.05, 0.1) is 28.1 Å². The maximum atomic E-state index is 5.23. The van der Waals surface area contributed by atoms with Crippen molar-refractivity contribution in [1.82, 2.24) is 19.9 Å². The summed E-state index contributed by atoms with van der Waals surface area (Å²) in [5, 5.41) is 2.13. The number of aromatic nitrogens is 4. The molecule has 4 nitrogen and oxygen atoms in total. The van der Waals surface area contributed by atoms with Gasteiger partial charge in [-0.25, -0.2) is 15.0 Å². The van der Waals surface area contributed by atoms with Crippen LogP contribution in [0.15, 0.2) is 140 Å². The van der Waals surface area contributed by atoms with E-state index in [0.717, 1.165) is 96.6 Å². The van der Waals surface area contributed by atoms with Crippen LogP contribution in [0.4, 0.5) is 0 Å². The SMILES string of the molecule is Cc1ccc2ccc3c(-c4ccccc4-c4cc(-c5ccccc5)nc(C5=CCCC=C5)n4)cc(-c4ccccc4)nc3c2n1. The van der Waals surface area contributed by atoms with E-state index in [-0.39, 0.29) is 0 Å².